The maximum absolute atomic E-state index is 13.9. The van der Waals surface area contributed by atoms with Crippen LogP contribution in [0, 0.1) is 17.6 Å². The van der Waals surface area contributed by atoms with Crippen molar-refractivity contribution >= 4 is 12.0 Å². The molecule has 1 aliphatic carbocycles. The fraction of sp³-hybridized carbons (Fsp3) is 0.529. The highest BCUT2D eigenvalue weighted by molar-refractivity contribution is 5.77. The molecule has 7 heteroatoms. The third-order valence-electron chi connectivity index (χ3n) is 4.85. The Labute approximate surface area is 138 Å². The van der Waals surface area contributed by atoms with Gasteiger partial charge in [0, 0.05) is 19.2 Å². The first-order valence-electron chi connectivity index (χ1n) is 8.21. The SMILES string of the molecule is O=C(O)C1CCCN(C(=O)N[C@@H]2CCCc3c(F)cc(F)cc32)C1. The number of aliphatic carboxylic acids is 1. The first kappa shape index (κ1) is 16.7. The first-order valence-corrected chi connectivity index (χ1v) is 8.21. The van der Waals surface area contributed by atoms with E-state index in [0.29, 0.717) is 49.8 Å². The van der Waals surface area contributed by atoms with E-state index in [1.165, 1.54) is 11.0 Å². The van der Waals surface area contributed by atoms with E-state index in [9.17, 15) is 18.4 Å². The van der Waals surface area contributed by atoms with E-state index in [2.05, 4.69) is 5.32 Å². The van der Waals surface area contributed by atoms with Gasteiger partial charge in [0.1, 0.15) is 11.6 Å². The first-order chi connectivity index (χ1) is 11.5. The molecule has 130 valence electrons. The van der Waals surface area contributed by atoms with Crippen molar-refractivity contribution in [3.8, 4) is 0 Å². The number of amides is 2. The summed E-state index contributed by atoms with van der Waals surface area (Å²) < 4.78 is 27.4. The molecular weight excluding hydrogens is 318 g/mol. The van der Waals surface area contributed by atoms with Crippen LogP contribution in [0.4, 0.5) is 13.6 Å². The largest absolute Gasteiger partial charge is 0.481 e. The summed E-state index contributed by atoms with van der Waals surface area (Å²) in [7, 11) is 0. The number of carboxylic acid groups (broad SMARTS) is 1. The lowest BCUT2D eigenvalue weighted by molar-refractivity contribution is -0.143. The van der Waals surface area contributed by atoms with Crippen LogP contribution in [-0.4, -0.2) is 35.1 Å². The summed E-state index contributed by atoms with van der Waals surface area (Å²) in [5, 5.41) is 11.9. The number of fused-ring (bicyclic) bond motifs is 1. The molecule has 0 saturated carbocycles. The Morgan fingerprint density at radius 2 is 2.00 bits per heavy atom. The monoisotopic (exact) mass is 338 g/mol. The molecular formula is C17H20F2N2O3. The van der Waals surface area contributed by atoms with E-state index in [0.717, 1.165) is 6.07 Å². The maximum Gasteiger partial charge on any atom is 0.317 e. The number of likely N-dealkylation sites (tertiary alicyclic amines) is 1. The Balaban J connectivity index is 1.73. The molecule has 1 fully saturated rings. The van der Waals surface area contributed by atoms with Crippen molar-refractivity contribution in [3.63, 3.8) is 0 Å². The minimum absolute atomic E-state index is 0.165. The van der Waals surface area contributed by atoms with Crippen molar-refractivity contribution in [2.24, 2.45) is 5.92 Å². The molecule has 1 aromatic carbocycles. The van der Waals surface area contributed by atoms with Crippen molar-refractivity contribution in [2.45, 2.75) is 38.1 Å². The number of carboxylic acids is 1. The highest BCUT2D eigenvalue weighted by Crippen LogP contribution is 2.32. The Bertz CT molecular complexity index is 665. The van der Waals surface area contributed by atoms with E-state index in [1.54, 1.807) is 0 Å². The van der Waals surface area contributed by atoms with Crippen LogP contribution >= 0.6 is 0 Å². The highest BCUT2D eigenvalue weighted by Gasteiger charge is 2.31. The molecule has 1 aromatic rings. The van der Waals surface area contributed by atoms with Crippen LogP contribution < -0.4 is 5.32 Å². The Hall–Kier alpha value is -2.18. The number of benzene rings is 1. The molecule has 2 aliphatic rings. The van der Waals surface area contributed by atoms with Gasteiger partial charge in [-0.15, -0.1) is 0 Å². The van der Waals surface area contributed by atoms with E-state index >= 15 is 0 Å². The smallest absolute Gasteiger partial charge is 0.317 e. The van der Waals surface area contributed by atoms with Crippen molar-refractivity contribution in [3.05, 3.63) is 34.9 Å². The van der Waals surface area contributed by atoms with Gasteiger partial charge in [-0.3, -0.25) is 4.79 Å². The minimum Gasteiger partial charge on any atom is -0.481 e. The zero-order chi connectivity index (χ0) is 17.3. The summed E-state index contributed by atoms with van der Waals surface area (Å²) in [5.41, 5.74) is 0.939. The number of piperidine rings is 1. The van der Waals surface area contributed by atoms with E-state index in [1.807, 2.05) is 0 Å². The normalized spacial score (nSPS) is 23.5. The fourth-order valence-corrected chi connectivity index (χ4v) is 3.59. The summed E-state index contributed by atoms with van der Waals surface area (Å²) >= 11 is 0. The van der Waals surface area contributed by atoms with Crippen molar-refractivity contribution in [1.29, 1.82) is 0 Å². The second-order valence-corrected chi connectivity index (χ2v) is 6.47. The number of hydrogen-bond acceptors (Lipinski definition) is 2. The number of hydrogen-bond donors (Lipinski definition) is 2. The van der Waals surface area contributed by atoms with Crippen LogP contribution in [0.1, 0.15) is 42.9 Å². The number of rotatable bonds is 2. The summed E-state index contributed by atoms with van der Waals surface area (Å²) in [6, 6.07) is 1.32. The molecule has 5 nitrogen and oxygen atoms in total. The van der Waals surface area contributed by atoms with Crippen LogP contribution in [0.2, 0.25) is 0 Å². The summed E-state index contributed by atoms with van der Waals surface area (Å²) in [4.78, 5) is 25.0. The second-order valence-electron chi connectivity index (χ2n) is 6.47. The molecule has 1 aliphatic heterocycles. The standard InChI is InChI=1S/C17H20F2N2O3/c18-11-7-13-12(14(19)8-11)4-1-5-15(13)20-17(24)21-6-2-3-10(9-21)16(22)23/h7-8,10,15H,1-6,9H2,(H,20,24)(H,22,23)/t10?,15-/m1/s1. The molecule has 2 N–H and O–H groups in total. The van der Waals surface area contributed by atoms with Gasteiger partial charge in [-0.25, -0.2) is 13.6 Å². The van der Waals surface area contributed by atoms with Crippen LogP contribution in [0.5, 0.6) is 0 Å². The molecule has 1 saturated heterocycles. The maximum atomic E-state index is 13.9. The average molecular weight is 338 g/mol. The van der Waals surface area contributed by atoms with Gasteiger partial charge in [0.05, 0.1) is 12.0 Å². The Morgan fingerprint density at radius 3 is 2.75 bits per heavy atom. The number of nitrogens with one attached hydrogen (secondary N) is 1. The third-order valence-corrected chi connectivity index (χ3v) is 4.85. The third kappa shape index (κ3) is 3.34. The zero-order valence-corrected chi connectivity index (χ0v) is 13.2. The van der Waals surface area contributed by atoms with Crippen molar-refractivity contribution in [1.82, 2.24) is 10.2 Å². The predicted molar refractivity (Wildman–Crippen MR) is 82.5 cm³/mol. The molecule has 0 radical (unpaired) electrons. The van der Waals surface area contributed by atoms with Gasteiger partial charge < -0.3 is 15.3 Å². The summed E-state index contributed by atoms with van der Waals surface area (Å²) in [5.74, 6) is -2.69. The highest BCUT2D eigenvalue weighted by atomic mass is 19.1. The van der Waals surface area contributed by atoms with Crippen LogP contribution in [-0.2, 0) is 11.2 Å². The molecule has 24 heavy (non-hydrogen) atoms. The Kier molecular flexibility index (Phi) is 4.69. The van der Waals surface area contributed by atoms with Crippen LogP contribution in [0.25, 0.3) is 0 Å². The second kappa shape index (κ2) is 6.75. The lowest BCUT2D eigenvalue weighted by Gasteiger charge is -2.33. The quantitative estimate of drug-likeness (QED) is 0.871. The molecule has 0 spiro atoms. The molecule has 2 amide bonds. The molecule has 2 atom stereocenters. The van der Waals surface area contributed by atoms with E-state index < -0.39 is 29.6 Å². The average Bonchev–Trinajstić information content (AvgIpc) is 2.55. The Morgan fingerprint density at radius 1 is 1.21 bits per heavy atom. The van der Waals surface area contributed by atoms with Gasteiger partial charge in [-0.2, -0.15) is 0 Å². The fourth-order valence-electron chi connectivity index (χ4n) is 3.59. The van der Waals surface area contributed by atoms with Gasteiger partial charge in [0.25, 0.3) is 0 Å². The molecule has 3 rings (SSSR count). The van der Waals surface area contributed by atoms with Crippen LogP contribution in [0.15, 0.2) is 12.1 Å². The number of halogens is 2. The van der Waals surface area contributed by atoms with E-state index in [4.69, 9.17) is 5.11 Å². The zero-order valence-electron chi connectivity index (χ0n) is 13.2. The van der Waals surface area contributed by atoms with Crippen molar-refractivity contribution < 1.29 is 23.5 Å². The van der Waals surface area contributed by atoms with Crippen molar-refractivity contribution in [2.75, 3.05) is 13.1 Å². The van der Waals surface area contributed by atoms with Crippen LogP contribution in [0.3, 0.4) is 0 Å². The van der Waals surface area contributed by atoms with Gasteiger partial charge in [-0.1, -0.05) is 0 Å². The number of nitrogens with zero attached hydrogens (tertiary/aromatic N) is 1. The molecule has 1 heterocycles. The topological polar surface area (TPSA) is 69.6 Å². The van der Waals surface area contributed by atoms with Gasteiger partial charge in [0.15, 0.2) is 0 Å². The summed E-state index contributed by atoms with van der Waals surface area (Å²) in [6.07, 6.45) is 3.03. The van der Waals surface area contributed by atoms with Gasteiger partial charge >= 0.3 is 12.0 Å². The number of urea groups is 1. The van der Waals surface area contributed by atoms with Gasteiger partial charge in [0.2, 0.25) is 0 Å². The minimum atomic E-state index is -0.903. The molecule has 1 unspecified atom stereocenters. The van der Waals surface area contributed by atoms with E-state index in [-0.39, 0.29) is 12.6 Å². The summed E-state index contributed by atoms with van der Waals surface area (Å²) in [6.45, 7) is 0.658. The lowest BCUT2D eigenvalue weighted by Crippen LogP contribution is -2.48. The predicted octanol–water partition coefficient (Wildman–Crippen LogP) is 2.85. The van der Waals surface area contributed by atoms with Gasteiger partial charge in [-0.05, 0) is 49.3 Å². The number of carbonyl (C=O) groups excluding carboxylic acids is 1. The molecule has 0 aromatic heterocycles. The number of carbonyl (C=O) groups is 2. The molecule has 0 bridgehead atoms. The lowest BCUT2D eigenvalue weighted by atomic mass is 9.87.